The number of nitrogens with zero attached hydrogens (tertiary/aromatic N) is 1. The van der Waals surface area contributed by atoms with Gasteiger partial charge in [0.15, 0.2) is 0 Å². The van der Waals surface area contributed by atoms with Crippen molar-refractivity contribution in [1.29, 1.82) is 0 Å². The van der Waals surface area contributed by atoms with Gasteiger partial charge in [0.2, 0.25) is 0 Å². The molecule has 0 aliphatic carbocycles. The number of anilines is 1. The van der Waals surface area contributed by atoms with Gasteiger partial charge in [-0.15, -0.1) is 0 Å². The Hall–Kier alpha value is -0.800. The standard InChI is InChI=1S/C13H18ClFN2/c1-9(2)17-6-5-11(8-17)16-13-7-10(14)3-4-12(13)15/h3-4,7,9,11,16H,5-6,8H2,1-2H3. The van der Waals surface area contributed by atoms with Crippen LogP contribution in [0.4, 0.5) is 10.1 Å². The van der Waals surface area contributed by atoms with Crippen LogP contribution in [0.5, 0.6) is 0 Å². The molecule has 0 bridgehead atoms. The highest BCUT2D eigenvalue weighted by molar-refractivity contribution is 6.30. The van der Waals surface area contributed by atoms with E-state index in [1.54, 1.807) is 12.1 Å². The molecule has 1 aliphatic heterocycles. The van der Waals surface area contributed by atoms with Gasteiger partial charge in [-0.1, -0.05) is 11.6 Å². The number of hydrogen-bond donors (Lipinski definition) is 1. The van der Waals surface area contributed by atoms with Gasteiger partial charge in [-0.2, -0.15) is 0 Å². The summed E-state index contributed by atoms with van der Waals surface area (Å²) in [6.07, 6.45) is 1.05. The molecule has 1 aliphatic rings. The lowest BCUT2D eigenvalue weighted by Crippen LogP contribution is -2.31. The number of halogens is 2. The van der Waals surface area contributed by atoms with Gasteiger partial charge in [0.1, 0.15) is 5.82 Å². The molecule has 1 aromatic carbocycles. The molecule has 94 valence electrons. The number of hydrogen-bond acceptors (Lipinski definition) is 2. The molecule has 4 heteroatoms. The first-order valence-corrected chi connectivity index (χ1v) is 6.39. The first-order valence-electron chi connectivity index (χ1n) is 6.02. The van der Waals surface area contributed by atoms with Crippen molar-refractivity contribution in [2.24, 2.45) is 0 Å². The Morgan fingerprint density at radius 2 is 2.24 bits per heavy atom. The molecule has 1 fully saturated rings. The van der Waals surface area contributed by atoms with Crippen molar-refractivity contribution in [3.05, 3.63) is 29.0 Å². The van der Waals surface area contributed by atoms with E-state index >= 15 is 0 Å². The highest BCUT2D eigenvalue weighted by Crippen LogP contribution is 2.23. The summed E-state index contributed by atoms with van der Waals surface area (Å²) in [5.41, 5.74) is 0.508. The summed E-state index contributed by atoms with van der Waals surface area (Å²) in [4.78, 5) is 2.39. The van der Waals surface area contributed by atoms with Gasteiger partial charge in [-0.3, -0.25) is 4.90 Å². The molecule has 0 amide bonds. The van der Waals surface area contributed by atoms with Crippen LogP contribution in [0, 0.1) is 5.82 Å². The molecule has 2 rings (SSSR count). The van der Waals surface area contributed by atoms with E-state index in [2.05, 4.69) is 24.1 Å². The van der Waals surface area contributed by atoms with E-state index in [9.17, 15) is 4.39 Å². The van der Waals surface area contributed by atoms with Crippen molar-refractivity contribution >= 4 is 17.3 Å². The van der Waals surface area contributed by atoms with Crippen molar-refractivity contribution in [3.8, 4) is 0 Å². The molecule has 1 N–H and O–H groups in total. The molecular formula is C13H18ClFN2. The van der Waals surface area contributed by atoms with E-state index in [1.165, 1.54) is 6.07 Å². The van der Waals surface area contributed by atoms with Gasteiger partial charge in [-0.25, -0.2) is 4.39 Å². The zero-order valence-corrected chi connectivity index (χ0v) is 11.0. The Morgan fingerprint density at radius 3 is 2.88 bits per heavy atom. The molecule has 1 heterocycles. The van der Waals surface area contributed by atoms with E-state index in [-0.39, 0.29) is 5.82 Å². The quantitative estimate of drug-likeness (QED) is 0.892. The number of likely N-dealkylation sites (tertiary alicyclic amines) is 1. The number of benzene rings is 1. The number of rotatable bonds is 3. The fourth-order valence-corrected chi connectivity index (χ4v) is 2.37. The zero-order valence-electron chi connectivity index (χ0n) is 10.2. The van der Waals surface area contributed by atoms with Crippen LogP contribution in [0.15, 0.2) is 18.2 Å². The van der Waals surface area contributed by atoms with Crippen LogP contribution in [-0.2, 0) is 0 Å². The molecule has 1 saturated heterocycles. The average Bonchev–Trinajstić information content (AvgIpc) is 2.72. The SMILES string of the molecule is CC(C)N1CCC(Nc2cc(Cl)ccc2F)C1. The fourth-order valence-electron chi connectivity index (χ4n) is 2.20. The highest BCUT2D eigenvalue weighted by Gasteiger charge is 2.24. The first kappa shape index (κ1) is 12.7. The molecular weight excluding hydrogens is 239 g/mol. The van der Waals surface area contributed by atoms with Crippen LogP contribution in [-0.4, -0.2) is 30.1 Å². The Bertz CT molecular complexity index is 395. The maximum Gasteiger partial charge on any atom is 0.146 e. The molecule has 0 radical (unpaired) electrons. The Balaban J connectivity index is 2.00. The second-order valence-electron chi connectivity index (χ2n) is 4.84. The predicted octanol–water partition coefficient (Wildman–Crippen LogP) is 3.37. The summed E-state index contributed by atoms with van der Waals surface area (Å²) in [5, 5.41) is 3.80. The van der Waals surface area contributed by atoms with Gasteiger partial charge in [-0.05, 0) is 38.5 Å². The van der Waals surface area contributed by atoms with Crippen molar-refractivity contribution in [3.63, 3.8) is 0 Å². The van der Waals surface area contributed by atoms with E-state index in [0.717, 1.165) is 19.5 Å². The maximum atomic E-state index is 13.5. The van der Waals surface area contributed by atoms with Gasteiger partial charge >= 0.3 is 0 Å². The lowest BCUT2D eigenvalue weighted by atomic mass is 10.2. The van der Waals surface area contributed by atoms with Crippen LogP contribution < -0.4 is 5.32 Å². The van der Waals surface area contributed by atoms with Gasteiger partial charge in [0.25, 0.3) is 0 Å². The summed E-state index contributed by atoms with van der Waals surface area (Å²) in [7, 11) is 0. The van der Waals surface area contributed by atoms with E-state index in [1.807, 2.05) is 0 Å². The van der Waals surface area contributed by atoms with Crippen molar-refractivity contribution < 1.29 is 4.39 Å². The Morgan fingerprint density at radius 1 is 1.47 bits per heavy atom. The van der Waals surface area contributed by atoms with Crippen molar-refractivity contribution in [2.75, 3.05) is 18.4 Å². The molecule has 2 nitrogen and oxygen atoms in total. The smallest absolute Gasteiger partial charge is 0.146 e. The normalized spacial score (nSPS) is 21.1. The summed E-state index contributed by atoms with van der Waals surface area (Å²) < 4.78 is 13.5. The molecule has 1 unspecified atom stereocenters. The fraction of sp³-hybridized carbons (Fsp3) is 0.538. The topological polar surface area (TPSA) is 15.3 Å². The third-order valence-electron chi connectivity index (χ3n) is 3.24. The first-order chi connectivity index (χ1) is 8.06. The van der Waals surface area contributed by atoms with Crippen molar-refractivity contribution in [2.45, 2.75) is 32.4 Å². The van der Waals surface area contributed by atoms with E-state index < -0.39 is 0 Å². The Kier molecular flexibility index (Phi) is 3.89. The third-order valence-corrected chi connectivity index (χ3v) is 3.47. The van der Waals surface area contributed by atoms with Crippen LogP contribution in [0.25, 0.3) is 0 Å². The van der Waals surface area contributed by atoms with E-state index in [0.29, 0.717) is 22.8 Å². The van der Waals surface area contributed by atoms with Gasteiger partial charge < -0.3 is 5.32 Å². The molecule has 17 heavy (non-hydrogen) atoms. The maximum absolute atomic E-state index is 13.5. The van der Waals surface area contributed by atoms with Crippen LogP contribution >= 0.6 is 11.6 Å². The number of nitrogens with one attached hydrogen (secondary N) is 1. The molecule has 1 aromatic rings. The molecule has 0 saturated carbocycles. The van der Waals surface area contributed by atoms with Gasteiger partial charge in [0, 0.05) is 30.2 Å². The Labute approximate surface area is 107 Å². The lowest BCUT2D eigenvalue weighted by molar-refractivity contribution is 0.274. The second-order valence-corrected chi connectivity index (χ2v) is 5.28. The third kappa shape index (κ3) is 3.11. The largest absolute Gasteiger partial charge is 0.379 e. The summed E-state index contributed by atoms with van der Waals surface area (Å²) in [5.74, 6) is -0.239. The molecule has 1 atom stereocenters. The average molecular weight is 257 g/mol. The minimum Gasteiger partial charge on any atom is -0.379 e. The molecule has 0 spiro atoms. The summed E-state index contributed by atoms with van der Waals surface area (Å²) in [6, 6.07) is 5.47. The predicted molar refractivity (Wildman–Crippen MR) is 70.1 cm³/mol. The minimum atomic E-state index is -0.239. The summed E-state index contributed by atoms with van der Waals surface area (Å²) in [6.45, 7) is 6.39. The minimum absolute atomic E-state index is 0.239. The second kappa shape index (κ2) is 5.23. The monoisotopic (exact) mass is 256 g/mol. The van der Waals surface area contributed by atoms with Crippen LogP contribution in [0.1, 0.15) is 20.3 Å². The van der Waals surface area contributed by atoms with Crippen LogP contribution in [0.2, 0.25) is 5.02 Å². The highest BCUT2D eigenvalue weighted by atomic mass is 35.5. The van der Waals surface area contributed by atoms with Crippen molar-refractivity contribution in [1.82, 2.24) is 4.90 Å². The zero-order chi connectivity index (χ0) is 12.4. The van der Waals surface area contributed by atoms with Crippen LogP contribution in [0.3, 0.4) is 0 Å². The lowest BCUT2D eigenvalue weighted by Gasteiger charge is -2.21. The van der Waals surface area contributed by atoms with E-state index in [4.69, 9.17) is 11.6 Å². The van der Waals surface area contributed by atoms with Gasteiger partial charge in [0.05, 0.1) is 5.69 Å². The molecule has 0 aromatic heterocycles. The summed E-state index contributed by atoms with van der Waals surface area (Å²) >= 11 is 5.86.